The van der Waals surface area contributed by atoms with E-state index in [0.29, 0.717) is 5.75 Å². The Morgan fingerprint density at radius 2 is 2.36 bits per heavy atom. The second-order valence-corrected chi connectivity index (χ2v) is 3.69. The Hall–Kier alpha value is -1.09. The quantitative estimate of drug-likeness (QED) is 0.743. The van der Waals surface area contributed by atoms with Crippen molar-refractivity contribution in [2.45, 2.75) is 32.0 Å². The van der Waals surface area contributed by atoms with E-state index < -0.39 is 6.10 Å². The van der Waals surface area contributed by atoms with Gasteiger partial charge in [-0.15, -0.1) is 0 Å². The number of aryl methyl sites for hydroxylation is 1. The van der Waals surface area contributed by atoms with E-state index in [1.807, 2.05) is 0 Å². The molecule has 2 atom stereocenters. The van der Waals surface area contributed by atoms with Gasteiger partial charge in [-0.3, -0.25) is 0 Å². The van der Waals surface area contributed by atoms with Gasteiger partial charge in [0.2, 0.25) is 0 Å². The first-order valence-electron chi connectivity index (χ1n) is 4.80. The third-order valence-electron chi connectivity index (χ3n) is 2.54. The van der Waals surface area contributed by atoms with Crippen LogP contribution >= 0.6 is 0 Å². The molecule has 1 N–H and O–H groups in total. The molecule has 0 aromatic heterocycles. The molecule has 0 fully saturated rings. The Morgan fingerprint density at radius 1 is 1.57 bits per heavy atom. The lowest BCUT2D eigenvalue weighted by Gasteiger charge is -2.27. The number of ether oxygens (including phenoxy) is 1. The maximum absolute atomic E-state index is 12.8. The predicted molar refractivity (Wildman–Crippen MR) is 50.8 cm³/mol. The highest BCUT2D eigenvalue weighted by Gasteiger charge is 2.23. The second-order valence-electron chi connectivity index (χ2n) is 3.69. The third-order valence-corrected chi connectivity index (χ3v) is 2.54. The number of aliphatic hydroxyl groups excluding tert-OH is 1. The summed E-state index contributed by atoms with van der Waals surface area (Å²) in [6, 6.07) is 4.50. The topological polar surface area (TPSA) is 29.5 Å². The predicted octanol–water partition coefficient (Wildman–Crippen LogP) is 1.90. The van der Waals surface area contributed by atoms with Gasteiger partial charge >= 0.3 is 0 Å². The van der Waals surface area contributed by atoms with E-state index in [-0.39, 0.29) is 11.9 Å². The average Bonchev–Trinajstić information content (AvgIpc) is 2.16. The maximum Gasteiger partial charge on any atom is 0.125 e. The molecule has 0 aliphatic carbocycles. The zero-order valence-electron chi connectivity index (χ0n) is 8.03. The lowest BCUT2D eigenvalue weighted by molar-refractivity contribution is 0.0356. The van der Waals surface area contributed by atoms with Crippen LogP contribution in [-0.4, -0.2) is 17.3 Å². The number of halogens is 1. The van der Waals surface area contributed by atoms with Crippen molar-refractivity contribution in [1.29, 1.82) is 0 Å². The lowest BCUT2D eigenvalue weighted by Crippen LogP contribution is -2.32. The highest BCUT2D eigenvalue weighted by molar-refractivity contribution is 5.35. The Balaban J connectivity index is 2.23. The molecule has 2 rings (SSSR count). The molecular weight excluding hydrogens is 183 g/mol. The van der Waals surface area contributed by atoms with Gasteiger partial charge in [0.25, 0.3) is 0 Å². The van der Waals surface area contributed by atoms with Crippen LogP contribution < -0.4 is 4.74 Å². The fourth-order valence-corrected chi connectivity index (χ4v) is 1.72. The molecule has 1 aliphatic rings. The van der Waals surface area contributed by atoms with Crippen LogP contribution in [-0.2, 0) is 6.42 Å². The van der Waals surface area contributed by atoms with Crippen LogP contribution in [0.4, 0.5) is 4.39 Å². The molecule has 0 radical (unpaired) electrons. The minimum atomic E-state index is -0.479. The molecule has 0 spiro atoms. The van der Waals surface area contributed by atoms with Crippen LogP contribution in [0.25, 0.3) is 0 Å². The van der Waals surface area contributed by atoms with E-state index in [1.165, 1.54) is 12.1 Å². The van der Waals surface area contributed by atoms with Crippen LogP contribution in [0.15, 0.2) is 18.2 Å². The van der Waals surface area contributed by atoms with Gasteiger partial charge in [0, 0.05) is 0 Å². The van der Waals surface area contributed by atoms with E-state index in [4.69, 9.17) is 4.74 Å². The average molecular weight is 196 g/mol. The zero-order chi connectivity index (χ0) is 10.1. The number of hydrogen-bond acceptors (Lipinski definition) is 2. The summed E-state index contributed by atoms with van der Waals surface area (Å²) in [6.07, 6.45) is 0.873. The molecule has 1 aliphatic heterocycles. The SMILES string of the molecule is CC(O)[C@@H]1CCc2cc(F)ccc2O1. The van der Waals surface area contributed by atoms with Crippen LogP contribution in [0.1, 0.15) is 18.9 Å². The molecule has 1 aromatic carbocycles. The maximum atomic E-state index is 12.8. The summed E-state index contributed by atoms with van der Waals surface area (Å²) >= 11 is 0. The molecule has 0 bridgehead atoms. The van der Waals surface area contributed by atoms with Gasteiger partial charge in [-0.1, -0.05) is 0 Å². The van der Waals surface area contributed by atoms with Gasteiger partial charge in [0.15, 0.2) is 0 Å². The van der Waals surface area contributed by atoms with Gasteiger partial charge in [0.1, 0.15) is 17.7 Å². The van der Waals surface area contributed by atoms with Gasteiger partial charge in [-0.25, -0.2) is 4.39 Å². The molecule has 0 amide bonds. The van der Waals surface area contributed by atoms with Gasteiger partial charge in [-0.2, -0.15) is 0 Å². The van der Waals surface area contributed by atoms with Crippen LogP contribution in [0.5, 0.6) is 5.75 Å². The molecule has 0 saturated heterocycles. The van der Waals surface area contributed by atoms with E-state index in [9.17, 15) is 9.50 Å². The Morgan fingerprint density at radius 3 is 3.07 bits per heavy atom. The molecular formula is C11H13FO2. The van der Waals surface area contributed by atoms with Gasteiger partial charge in [0.05, 0.1) is 6.10 Å². The molecule has 14 heavy (non-hydrogen) atoms. The molecule has 1 aromatic rings. The van der Waals surface area contributed by atoms with E-state index in [2.05, 4.69) is 0 Å². The second kappa shape index (κ2) is 3.58. The summed E-state index contributed by atoms with van der Waals surface area (Å²) in [6.45, 7) is 1.71. The van der Waals surface area contributed by atoms with Crippen LogP contribution in [0.2, 0.25) is 0 Å². The number of benzene rings is 1. The summed E-state index contributed by atoms with van der Waals surface area (Å²) in [4.78, 5) is 0. The highest BCUT2D eigenvalue weighted by Crippen LogP contribution is 2.29. The fraction of sp³-hybridized carbons (Fsp3) is 0.455. The highest BCUT2D eigenvalue weighted by atomic mass is 19.1. The third kappa shape index (κ3) is 1.73. The van der Waals surface area contributed by atoms with Crippen molar-refractivity contribution in [3.63, 3.8) is 0 Å². The largest absolute Gasteiger partial charge is 0.487 e. The Bertz CT molecular complexity index is 336. The van der Waals surface area contributed by atoms with E-state index in [1.54, 1.807) is 13.0 Å². The first kappa shape index (κ1) is 9.46. The zero-order valence-corrected chi connectivity index (χ0v) is 8.03. The van der Waals surface area contributed by atoms with Crippen molar-refractivity contribution in [3.05, 3.63) is 29.6 Å². The van der Waals surface area contributed by atoms with Crippen molar-refractivity contribution in [1.82, 2.24) is 0 Å². The van der Waals surface area contributed by atoms with Gasteiger partial charge < -0.3 is 9.84 Å². The first-order valence-corrected chi connectivity index (χ1v) is 4.80. The van der Waals surface area contributed by atoms with Crippen molar-refractivity contribution in [2.75, 3.05) is 0 Å². The number of rotatable bonds is 1. The molecule has 76 valence electrons. The van der Waals surface area contributed by atoms with Crippen molar-refractivity contribution in [2.24, 2.45) is 0 Å². The summed E-state index contributed by atoms with van der Waals surface area (Å²) < 4.78 is 18.4. The summed E-state index contributed by atoms with van der Waals surface area (Å²) in [5.41, 5.74) is 0.891. The Labute approximate surface area is 82.3 Å². The lowest BCUT2D eigenvalue weighted by atomic mass is 10.00. The van der Waals surface area contributed by atoms with Crippen LogP contribution in [0.3, 0.4) is 0 Å². The number of fused-ring (bicyclic) bond motifs is 1. The summed E-state index contributed by atoms with van der Waals surface area (Å²) in [5.74, 6) is 0.464. The van der Waals surface area contributed by atoms with E-state index >= 15 is 0 Å². The summed E-state index contributed by atoms with van der Waals surface area (Å²) in [5, 5.41) is 9.36. The van der Waals surface area contributed by atoms with Crippen LogP contribution in [0, 0.1) is 5.82 Å². The smallest absolute Gasteiger partial charge is 0.125 e. The van der Waals surface area contributed by atoms with E-state index in [0.717, 1.165) is 18.4 Å². The Kier molecular flexibility index (Phi) is 2.42. The summed E-state index contributed by atoms with van der Waals surface area (Å²) in [7, 11) is 0. The molecule has 3 heteroatoms. The van der Waals surface area contributed by atoms with Crippen molar-refractivity contribution >= 4 is 0 Å². The van der Waals surface area contributed by atoms with Gasteiger partial charge in [-0.05, 0) is 43.5 Å². The normalized spacial score (nSPS) is 22.4. The molecule has 1 unspecified atom stereocenters. The minimum absolute atomic E-state index is 0.159. The fourth-order valence-electron chi connectivity index (χ4n) is 1.72. The van der Waals surface area contributed by atoms with Crippen molar-refractivity contribution < 1.29 is 14.2 Å². The molecule has 1 heterocycles. The van der Waals surface area contributed by atoms with Crippen molar-refractivity contribution in [3.8, 4) is 5.75 Å². The number of hydrogen-bond donors (Lipinski definition) is 1. The standard InChI is InChI=1S/C11H13FO2/c1-7(13)10-4-2-8-6-9(12)3-5-11(8)14-10/h3,5-7,10,13H,2,4H2,1H3/t7?,10-/m0/s1. The first-order chi connectivity index (χ1) is 6.66. The minimum Gasteiger partial charge on any atom is -0.487 e. The monoisotopic (exact) mass is 196 g/mol. The number of aliphatic hydroxyl groups is 1. The molecule has 0 saturated carbocycles. The molecule has 2 nitrogen and oxygen atoms in total.